The SMILES string of the molecule is Cc1ccc(-c2nnc(SCc3coc(-c4cccc(Cl)c4)n3)n2N)cc1. The highest BCUT2D eigenvalue weighted by Crippen LogP contribution is 2.27. The molecule has 4 aromatic rings. The van der Waals surface area contributed by atoms with E-state index in [1.807, 2.05) is 55.5 Å². The summed E-state index contributed by atoms with van der Waals surface area (Å²) in [4.78, 5) is 4.50. The van der Waals surface area contributed by atoms with Gasteiger partial charge in [-0.3, -0.25) is 0 Å². The van der Waals surface area contributed by atoms with Gasteiger partial charge in [-0.1, -0.05) is 59.3 Å². The van der Waals surface area contributed by atoms with Crippen molar-refractivity contribution in [1.82, 2.24) is 19.9 Å². The molecule has 0 fully saturated rings. The van der Waals surface area contributed by atoms with Crippen LogP contribution in [0.3, 0.4) is 0 Å². The molecule has 2 aromatic heterocycles. The summed E-state index contributed by atoms with van der Waals surface area (Å²) in [6.45, 7) is 2.04. The lowest BCUT2D eigenvalue weighted by Crippen LogP contribution is -2.11. The van der Waals surface area contributed by atoms with E-state index in [-0.39, 0.29) is 0 Å². The Morgan fingerprint density at radius 1 is 1.11 bits per heavy atom. The van der Waals surface area contributed by atoms with Crippen LogP contribution in [0.2, 0.25) is 5.02 Å². The lowest BCUT2D eigenvalue weighted by molar-refractivity contribution is 0.573. The highest BCUT2D eigenvalue weighted by molar-refractivity contribution is 7.98. The van der Waals surface area contributed by atoms with Crippen molar-refractivity contribution in [2.45, 2.75) is 17.8 Å². The minimum absolute atomic E-state index is 0.530. The molecule has 2 heterocycles. The number of rotatable bonds is 5. The van der Waals surface area contributed by atoms with E-state index < -0.39 is 0 Å². The predicted octanol–water partition coefficient (Wildman–Crippen LogP) is 4.57. The van der Waals surface area contributed by atoms with Gasteiger partial charge in [-0.05, 0) is 25.1 Å². The lowest BCUT2D eigenvalue weighted by Gasteiger charge is -2.03. The van der Waals surface area contributed by atoms with Gasteiger partial charge in [0.15, 0.2) is 5.82 Å². The Balaban J connectivity index is 1.47. The van der Waals surface area contributed by atoms with Crippen LogP contribution in [0, 0.1) is 6.92 Å². The molecule has 0 atom stereocenters. The van der Waals surface area contributed by atoms with E-state index in [0.29, 0.717) is 27.6 Å². The fourth-order valence-corrected chi connectivity index (χ4v) is 3.46. The fraction of sp³-hybridized carbons (Fsp3) is 0.105. The second-order valence-corrected chi connectivity index (χ2v) is 7.36. The molecule has 0 saturated carbocycles. The topological polar surface area (TPSA) is 82.8 Å². The van der Waals surface area contributed by atoms with Gasteiger partial charge < -0.3 is 10.3 Å². The van der Waals surface area contributed by atoms with Crippen molar-refractivity contribution >= 4 is 23.4 Å². The first-order chi connectivity index (χ1) is 13.1. The molecule has 0 bridgehead atoms. The van der Waals surface area contributed by atoms with Gasteiger partial charge in [-0.15, -0.1) is 10.2 Å². The van der Waals surface area contributed by atoms with Crippen molar-refractivity contribution in [2.75, 3.05) is 5.84 Å². The highest BCUT2D eigenvalue weighted by atomic mass is 35.5. The Hall–Kier alpha value is -2.77. The minimum Gasteiger partial charge on any atom is -0.444 e. The number of nitrogens with zero attached hydrogens (tertiary/aromatic N) is 4. The van der Waals surface area contributed by atoms with Crippen molar-refractivity contribution in [3.05, 3.63) is 71.1 Å². The van der Waals surface area contributed by atoms with Crippen molar-refractivity contribution in [3.63, 3.8) is 0 Å². The van der Waals surface area contributed by atoms with E-state index in [0.717, 1.165) is 16.8 Å². The molecule has 0 aliphatic rings. The number of hydrogen-bond donors (Lipinski definition) is 1. The number of oxazole rings is 1. The van der Waals surface area contributed by atoms with Gasteiger partial charge in [0.2, 0.25) is 11.0 Å². The first-order valence-electron chi connectivity index (χ1n) is 8.21. The molecule has 0 spiro atoms. The maximum atomic E-state index is 6.16. The monoisotopic (exact) mass is 397 g/mol. The molecule has 0 unspecified atom stereocenters. The normalized spacial score (nSPS) is 11.0. The highest BCUT2D eigenvalue weighted by Gasteiger charge is 2.14. The maximum absolute atomic E-state index is 6.16. The van der Waals surface area contributed by atoms with Crippen LogP contribution in [0.4, 0.5) is 0 Å². The number of halogens is 1. The van der Waals surface area contributed by atoms with E-state index in [4.69, 9.17) is 21.9 Å². The Kier molecular flexibility index (Phi) is 4.87. The second-order valence-electron chi connectivity index (χ2n) is 5.99. The molecule has 0 aliphatic carbocycles. The van der Waals surface area contributed by atoms with Crippen LogP contribution in [0.15, 0.2) is 64.4 Å². The zero-order valence-electron chi connectivity index (χ0n) is 14.5. The summed E-state index contributed by atoms with van der Waals surface area (Å²) in [5, 5.41) is 9.63. The van der Waals surface area contributed by atoms with Gasteiger partial charge >= 0.3 is 0 Å². The number of aryl methyl sites for hydroxylation is 1. The minimum atomic E-state index is 0.530. The predicted molar refractivity (Wildman–Crippen MR) is 107 cm³/mol. The number of aromatic nitrogens is 4. The van der Waals surface area contributed by atoms with Gasteiger partial charge in [0, 0.05) is 21.9 Å². The molecular formula is C19H16ClN5OS. The van der Waals surface area contributed by atoms with Crippen LogP contribution in [0.5, 0.6) is 0 Å². The molecule has 0 radical (unpaired) electrons. The smallest absolute Gasteiger partial charge is 0.226 e. The first kappa shape index (κ1) is 17.6. The summed E-state index contributed by atoms with van der Waals surface area (Å²) in [7, 11) is 0. The molecule has 0 saturated heterocycles. The van der Waals surface area contributed by atoms with Crippen molar-refractivity contribution in [3.8, 4) is 22.8 Å². The molecular weight excluding hydrogens is 382 g/mol. The fourth-order valence-electron chi connectivity index (χ4n) is 2.54. The number of benzene rings is 2. The van der Waals surface area contributed by atoms with Crippen molar-refractivity contribution < 1.29 is 4.42 Å². The van der Waals surface area contributed by atoms with E-state index in [1.54, 1.807) is 6.26 Å². The van der Waals surface area contributed by atoms with Crippen molar-refractivity contribution in [2.24, 2.45) is 0 Å². The zero-order valence-corrected chi connectivity index (χ0v) is 16.0. The van der Waals surface area contributed by atoms with E-state index >= 15 is 0 Å². The van der Waals surface area contributed by atoms with Gasteiger partial charge in [0.05, 0.1) is 5.69 Å². The van der Waals surface area contributed by atoms with Crippen LogP contribution in [-0.4, -0.2) is 19.9 Å². The summed E-state index contributed by atoms with van der Waals surface area (Å²) < 4.78 is 7.05. The first-order valence-corrected chi connectivity index (χ1v) is 9.57. The number of nitrogen functional groups attached to an aromatic ring is 1. The molecule has 2 aromatic carbocycles. The van der Waals surface area contributed by atoms with Crippen LogP contribution in [-0.2, 0) is 5.75 Å². The Morgan fingerprint density at radius 3 is 2.70 bits per heavy atom. The van der Waals surface area contributed by atoms with Gasteiger partial charge in [0.1, 0.15) is 6.26 Å². The van der Waals surface area contributed by atoms with Crippen LogP contribution in [0.1, 0.15) is 11.3 Å². The van der Waals surface area contributed by atoms with Crippen LogP contribution in [0.25, 0.3) is 22.8 Å². The maximum Gasteiger partial charge on any atom is 0.226 e. The van der Waals surface area contributed by atoms with E-state index in [2.05, 4.69) is 15.2 Å². The van der Waals surface area contributed by atoms with Crippen molar-refractivity contribution in [1.29, 1.82) is 0 Å². The lowest BCUT2D eigenvalue weighted by atomic mass is 10.1. The zero-order chi connectivity index (χ0) is 18.8. The van der Waals surface area contributed by atoms with E-state index in [9.17, 15) is 0 Å². The van der Waals surface area contributed by atoms with Gasteiger partial charge in [-0.2, -0.15) is 0 Å². The Bertz CT molecular complexity index is 1070. The molecule has 2 N–H and O–H groups in total. The Morgan fingerprint density at radius 2 is 1.93 bits per heavy atom. The average molecular weight is 398 g/mol. The molecule has 6 nitrogen and oxygen atoms in total. The quantitative estimate of drug-likeness (QED) is 0.392. The molecule has 136 valence electrons. The van der Waals surface area contributed by atoms with Gasteiger partial charge in [-0.25, -0.2) is 9.66 Å². The molecule has 4 rings (SSSR count). The summed E-state index contributed by atoms with van der Waals surface area (Å²) in [5.74, 6) is 7.88. The largest absolute Gasteiger partial charge is 0.444 e. The number of hydrogen-bond acceptors (Lipinski definition) is 6. The third-order valence-electron chi connectivity index (χ3n) is 3.95. The number of thioether (sulfide) groups is 1. The summed E-state index contributed by atoms with van der Waals surface area (Å²) >= 11 is 7.46. The standard InChI is InChI=1S/C19H16ClN5OS/c1-12-5-7-13(8-6-12)17-23-24-19(25(17)21)27-11-16-10-26-18(22-16)14-3-2-4-15(20)9-14/h2-10H,11,21H2,1H3. The number of nitrogens with two attached hydrogens (primary N) is 1. The summed E-state index contributed by atoms with van der Waals surface area (Å²) in [6, 6.07) is 15.4. The molecule has 27 heavy (non-hydrogen) atoms. The molecule has 0 aliphatic heterocycles. The van der Waals surface area contributed by atoms with Gasteiger partial charge in [0.25, 0.3) is 0 Å². The third kappa shape index (κ3) is 3.84. The van der Waals surface area contributed by atoms with E-state index in [1.165, 1.54) is 22.0 Å². The average Bonchev–Trinajstić information content (AvgIpc) is 3.28. The summed E-state index contributed by atoms with van der Waals surface area (Å²) in [6.07, 6.45) is 1.63. The van der Waals surface area contributed by atoms with Crippen LogP contribution >= 0.6 is 23.4 Å². The third-order valence-corrected chi connectivity index (χ3v) is 5.16. The summed E-state index contributed by atoms with van der Waals surface area (Å²) in [5.41, 5.74) is 3.72. The van der Waals surface area contributed by atoms with Crippen LogP contribution < -0.4 is 5.84 Å². The molecule has 0 amide bonds. The Labute approximate surface area is 165 Å². The second kappa shape index (κ2) is 7.46. The molecule has 8 heteroatoms.